The van der Waals surface area contributed by atoms with Gasteiger partial charge < -0.3 is 10.6 Å². The first-order valence-electron chi connectivity index (χ1n) is 6.38. The van der Waals surface area contributed by atoms with E-state index in [-0.39, 0.29) is 5.69 Å². The fourth-order valence-electron chi connectivity index (χ4n) is 1.58. The summed E-state index contributed by atoms with van der Waals surface area (Å²) in [5.41, 5.74) is 0.0915. The van der Waals surface area contributed by atoms with Crippen molar-refractivity contribution < 1.29 is 22.8 Å². The maximum atomic E-state index is 13.4. The van der Waals surface area contributed by atoms with E-state index in [9.17, 15) is 22.8 Å². The molecule has 2 N–H and O–H groups in total. The highest BCUT2D eigenvalue weighted by atomic mass is 19.2. The average Bonchev–Trinajstić information content (AvgIpc) is 2.54. The Labute approximate surface area is 128 Å². The van der Waals surface area contributed by atoms with Crippen LogP contribution in [0.5, 0.6) is 0 Å². The van der Waals surface area contributed by atoms with Gasteiger partial charge in [-0.3, -0.25) is 14.6 Å². The first kappa shape index (κ1) is 16.4. The molecule has 0 fully saturated rings. The topological polar surface area (TPSA) is 84.0 Å². The van der Waals surface area contributed by atoms with E-state index in [1.54, 1.807) is 6.92 Å². The highest BCUT2D eigenvalue weighted by molar-refractivity contribution is 5.98. The lowest BCUT2D eigenvalue weighted by molar-refractivity contribution is -0.115. The molecule has 1 aromatic heterocycles. The lowest BCUT2D eigenvalue weighted by Gasteiger charge is -2.08. The van der Waals surface area contributed by atoms with Crippen LogP contribution >= 0.6 is 0 Å². The summed E-state index contributed by atoms with van der Waals surface area (Å²) in [7, 11) is 0. The van der Waals surface area contributed by atoms with E-state index in [4.69, 9.17) is 0 Å². The summed E-state index contributed by atoms with van der Waals surface area (Å²) >= 11 is 0. The molecule has 0 unspecified atom stereocenters. The Hall–Kier alpha value is -2.97. The monoisotopic (exact) mass is 324 g/mol. The van der Waals surface area contributed by atoms with Crippen LogP contribution in [0.4, 0.5) is 18.9 Å². The number of nitrogens with one attached hydrogen (secondary N) is 2. The van der Waals surface area contributed by atoms with Gasteiger partial charge in [-0.05, 0) is 19.1 Å². The van der Waals surface area contributed by atoms with Gasteiger partial charge in [0.2, 0.25) is 5.91 Å². The number of aryl methyl sites for hydroxylation is 1. The first-order chi connectivity index (χ1) is 10.9. The van der Waals surface area contributed by atoms with E-state index in [2.05, 4.69) is 15.3 Å². The van der Waals surface area contributed by atoms with Crippen LogP contribution in [0.1, 0.15) is 16.2 Å². The van der Waals surface area contributed by atoms with Gasteiger partial charge in [0.05, 0.1) is 24.1 Å². The normalized spacial score (nSPS) is 10.3. The number of carbonyl (C=O) groups is 2. The highest BCUT2D eigenvalue weighted by Gasteiger charge is 2.16. The van der Waals surface area contributed by atoms with Crippen molar-refractivity contribution in [1.82, 2.24) is 15.3 Å². The van der Waals surface area contributed by atoms with Crippen LogP contribution in [0.15, 0.2) is 24.5 Å². The zero-order valence-corrected chi connectivity index (χ0v) is 11.9. The molecule has 9 heteroatoms. The molecule has 2 amide bonds. The molecule has 1 aromatic carbocycles. The molecule has 0 spiro atoms. The second-order valence-electron chi connectivity index (χ2n) is 4.50. The summed E-state index contributed by atoms with van der Waals surface area (Å²) in [5.74, 6) is -6.05. The number of hydrogen-bond acceptors (Lipinski definition) is 4. The number of amides is 2. The van der Waals surface area contributed by atoms with Gasteiger partial charge in [0, 0.05) is 6.20 Å². The SMILES string of the molecule is Cc1cnc(C(=O)NCC(=O)Nc2ccc(F)c(F)c2F)cn1. The number of halogens is 3. The summed E-state index contributed by atoms with van der Waals surface area (Å²) in [5, 5.41) is 4.26. The second kappa shape index (κ2) is 6.86. The third kappa shape index (κ3) is 4.02. The van der Waals surface area contributed by atoms with E-state index in [1.807, 2.05) is 5.32 Å². The second-order valence-corrected chi connectivity index (χ2v) is 4.50. The fourth-order valence-corrected chi connectivity index (χ4v) is 1.58. The van der Waals surface area contributed by atoms with Gasteiger partial charge >= 0.3 is 0 Å². The summed E-state index contributed by atoms with van der Waals surface area (Å²) in [4.78, 5) is 31.0. The molecule has 1 heterocycles. The summed E-state index contributed by atoms with van der Waals surface area (Å²) in [6.07, 6.45) is 2.61. The van der Waals surface area contributed by atoms with Crippen molar-refractivity contribution in [1.29, 1.82) is 0 Å². The Kier molecular flexibility index (Phi) is 4.89. The Morgan fingerprint density at radius 1 is 1.09 bits per heavy atom. The molecular formula is C14H11F3N4O2. The van der Waals surface area contributed by atoms with E-state index >= 15 is 0 Å². The molecule has 0 aliphatic carbocycles. The summed E-state index contributed by atoms with van der Waals surface area (Å²) in [6, 6.07) is 1.55. The van der Waals surface area contributed by atoms with Crippen molar-refractivity contribution in [2.75, 3.05) is 11.9 Å². The lowest BCUT2D eigenvalue weighted by Crippen LogP contribution is -2.33. The largest absolute Gasteiger partial charge is 0.342 e. The zero-order valence-electron chi connectivity index (χ0n) is 11.9. The molecular weight excluding hydrogens is 313 g/mol. The summed E-state index contributed by atoms with van der Waals surface area (Å²) < 4.78 is 39.2. The smallest absolute Gasteiger partial charge is 0.271 e. The Balaban J connectivity index is 1.94. The lowest BCUT2D eigenvalue weighted by atomic mass is 10.2. The van der Waals surface area contributed by atoms with Crippen molar-refractivity contribution >= 4 is 17.5 Å². The number of aromatic nitrogens is 2. The molecule has 120 valence electrons. The zero-order chi connectivity index (χ0) is 17.0. The van der Waals surface area contributed by atoms with Gasteiger partial charge in [-0.1, -0.05) is 0 Å². The standard InChI is InChI=1S/C14H11F3N4O2/c1-7-4-19-10(5-18-7)14(23)20-6-11(22)21-9-3-2-8(15)12(16)13(9)17/h2-5H,6H2,1H3,(H,20,23)(H,21,22). The minimum Gasteiger partial charge on any atom is -0.342 e. The van der Waals surface area contributed by atoms with Crippen LogP contribution < -0.4 is 10.6 Å². The van der Waals surface area contributed by atoms with Crippen molar-refractivity contribution in [3.63, 3.8) is 0 Å². The third-order valence-corrected chi connectivity index (χ3v) is 2.73. The molecule has 0 saturated carbocycles. The van der Waals surface area contributed by atoms with Gasteiger partial charge in [-0.15, -0.1) is 0 Å². The van der Waals surface area contributed by atoms with Crippen LogP contribution in [0.2, 0.25) is 0 Å². The molecule has 0 atom stereocenters. The van der Waals surface area contributed by atoms with Crippen LogP contribution in [-0.4, -0.2) is 28.3 Å². The van der Waals surface area contributed by atoms with Crippen molar-refractivity contribution in [3.8, 4) is 0 Å². The molecule has 6 nitrogen and oxygen atoms in total. The van der Waals surface area contributed by atoms with Gasteiger partial charge in [-0.25, -0.2) is 18.2 Å². The number of hydrogen-bond donors (Lipinski definition) is 2. The Bertz CT molecular complexity index is 750. The highest BCUT2D eigenvalue weighted by Crippen LogP contribution is 2.19. The third-order valence-electron chi connectivity index (χ3n) is 2.73. The Morgan fingerprint density at radius 2 is 1.83 bits per heavy atom. The molecule has 2 aromatic rings. The molecule has 0 bridgehead atoms. The molecule has 0 radical (unpaired) electrons. The van der Waals surface area contributed by atoms with Crippen LogP contribution in [-0.2, 0) is 4.79 Å². The van der Waals surface area contributed by atoms with E-state index in [0.29, 0.717) is 11.8 Å². The molecule has 0 aliphatic heterocycles. The number of nitrogens with zero attached hydrogens (tertiary/aromatic N) is 2. The van der Waals surface area contributed by atoms with Gasteiger partial charge in [-0.2, -0.15) is 0 Å². The maximum absolute atomic E-state index is 13.4. The van der Waals surface area contributed by atoms with Crippen molar-refractivity contribution in [3.05, 3.63) is 53.4 Å². The molecule has 0 saturated heterocycles. The van der Waals surface area contributed by atoms with Gasteiger partial charge in [0.25, 0.3) is 5.91 Å². The van der Waals surface area contributed by atoms with E-state index < -0.39 is 41.5 Å². The van der Waals surface area contributed by atoms with Gasteiger partial charge in [0.15, 0.2) is 17.5 Å². The van der Waals surface area contributed by atoms with E-state index in [0.717, 1.165) is 6.07 Å². The predicted molar refractivity (Wildman–Crippen MR) is 74.0 cm³/mol. The molecule has 2 rings (SSSR count). The van der Waals surface area contributed by atoms with Crippen LogP contribution in [0.25, 0.3) is 0 Å². The molecule has 0 aliphatic rings. The number of anilines is 1. The minimum absolute atomic E-state index is 0.00223. The average molecular weight is 324 g/mol. The quantitative estimate of drug-likeness (QED) is 0.836. The van der Waals surface area contributed by atoms with Crippen LogP contribution in [0.3, 0.4) is 0 Å². The first-order valence-corrected chi connectivity index (χ1v) is 6.38. The van der Waals surface area contributed by atoms with Crippen LogP contribution in [0, 0.1) is 24.4 Å². The predicted octanol–water partition coefficient (Wildman–Crippen LogP) is 1.57. The fraction of sp³-hybridized carbons (Fsp3) is 0.143. The Morgan fingerprint density at radius 3 is 2.48 bits per heavy atom. The number of rotatable bonds is 4. The minimum atomic E-state index is -1.69. The van der Waals surface area contributed by atoms with Crippen molar-refractivity contribution in [2.45, 2.75) is 6.92 Å². The van der Waals surface area contributed by atoms with Gasteiger partial charge in [0.1, 0.15) is 5.69 Å². The summed E-state index contributed by atoms with van der Waals surface area (Å²) in [6.45, 7) is 1.19. The van der Waals surface area contributed by atoms with Crippen molar-refractivity contribution in [2.24, 2.45) is 0 Å². The van der Waals surface area contributed by atoms with E-state index in [1.165, 1.54) is 12.4 Å². The molecule has 23 heavy (non-hydrogen) atoms. The maximum Gasteiger partial charge on any atom is 0.271 e. The number of carbonyl (C=O) groups excluding carboxylic acids is 2. The number of benzene rings is 1.